The predicted octanol–water partition coefficient (Wildman–Crippen LogP) is 3.24. The van der Waals surface area contributed by atoms with E-state index in [1.54, 1.807) is 0 Å². The molecule has 29 heavy (non-hydrogen) atoms. The number of nitrogens with zero attached hydrogens (tertiary/aromatic N) is 1. The van der Waals surface area contributed by atoms with Gasteiger partial charge in [-0.1, -0.05) is 19.4 Å². The highest BCUT2D eigenvalue weighted by Crippen LogP contribution is 2.39. The third-order valence-electron chi connectivity index (χ3n) is 5.24. The lowest BCUT2D eigenvalue weighted by atomic mass is 9.97. The average Bonchev–Trinajstić information content (AvgIpc) is 3.01. The Kier molecular flexibility index (Phi) is 6.46. The molecule has 7 heteroatoms. The number of esters is 1. The summed E-state index contributed by atoms with van der Waals surface area (Å²) in [5, 5.41) is 0. The fourth-order valence-electron chi connectivity index (χ4n) is 3.81. The van der Waals surface area contributed by atoms with Crippen LogP contribution in [0.4, 0.5) is 0 Å². The number of hydrogen-bond acceptors (Lipinski definition) is 5. The van der Waals surface area contributed by atoms with Crippen LogP contribution in [0, 0.1) is 6.92 Å². The minimum atomic E-state index is -0.484. The molecule has 0 fully saturated rings. The molecule has 0 saturated carbocycles. The minimum absolute atomic E-state index is 0.224. The van der Waals surface area contributed by atoms with Gasteiger partial charge in [0.1, 0.15) is 13.2 Å². The zero-order valence-corrected chi connectivity index (χ0v) is 17.2. The summed E-state index contributed by atoms with van der Waals surface area (Å²) in [4.78, 5) is 24.2. The summed E-state index contributed by atoms with van der Waals surface area (Å²) >= 11 is 0. The summed E-state index contributed by atoms with van der Waals surface area (Å²) < 4.78 is 18.3. The van der Waals surface area contributed by atoms with Gasteiger partial charge in [-0.3, -0.25) is 9.59 Å². The fraction of sp³-hybridized carbons (Fsp3) is 0.455. The Morgan fingerprint density at radius 3 is 2.59 bits per heavy atom. The molecule has 1 aromatic carbocycles. The highest BCUT2D eigenvalue weighted by molar-refractivity contribution is 6.02. The lowest BCUT2D eigenvalue weighted by molar-refractivity contribution is -0.140. The van der Waals surface area contributed by atoms with Gasteiger partial charge in [-0.2, -0.15) is 0 Å². The maximum Gasteiger partial charge on any atom is 0.305 e. The Labute approximate surface area is 170 Å². The van der Waals surface area contributed by atoms with E-state index in [1.807, 2.05) is 25.1 Å². The maximum atomic E-state index is 12.4. The molecule has 1 aliphatic heterocycles. The van der Waals surface area contributed by atoms with Crippen molar-refractivity contribution in [3.05, 3.63) is 35.2 Å². The lowest BCUT2D eigenvalue weighted by Gasteiger charge is -2.19. The van der Waals surface area contributed by atoms with Gasteiger partial charge in [0.15, 0.2) is 11.5 Å². The molecule has 1 aliphatic rings. The van der Waals surface area contributed by atoms with Crippen molar-refractivity contribution in [2.45, 2.75) is 46.1 Å². The molecule has 1 aromatic heterocycles. The van der Waals surface area contributed by atoms with Crippen LogP contribution in [0.15, 0.2) is 18.2 Å². The van der Waals surface area contributed by atoms with E-state index in [-0.39, 0.29) is 12.4 Å². The Morgan fingerprint density at radius 1 is 1.21 bits per heavy atom. The van der Waals surface area contributed by atoms with E-state index in [1.165, 1.54) is 7.11 Å². The molecule has 1 amide bonds. The van der Waals surface area contributed by atoms with Gasteiger partial charge in [-0.15, -0.1) is 0 Å². The van der Waals surface area contributed by atoms with Crippen LogP contribution in [0.5, 0.6) is 11.5 Å². The Bertz CT molecular complexity index is 916. The van der Waals surface area contributed by atoms with Gasteiger partial charge < -0.3 is 24.5 Å². The Balaban J connectivity index is 2.16. The molecule has 0 spiro atoms. The zero-order chi connectivity index (χ0) is 21.0. The van der Waals surface area contributed by atoms with E-state index < -0.39 is 5.91 Å². The summed E-state index contributed by atoms with van der Waals surface area (Å²) in [5.41, 5.74) is 9.57. The predicted molar refractivity (Wildman–Crippen MR) is 109 cm³/mol. The summed E-state index contributed by atoms with van der Waals surface area (Å²) in [7, 11) is 1.38. The van der Waals surface area contributed by atoms with Crippen molar-refractivity contribution in [2.75, 3.05) is 20.3 Å². The van der Waals surface area contributed by atoms with Gasteiger partial charge >= 0.3 is 5.97 Å². The van der Waals surface area contributed by atoms with Gasteiger partial charge in [0.25, 0.3) is 5.91 Å². The molecule has 0 saturated heterocycles. The third-order valence-corrected chi connectivity index (χ3v) is 5.24. The number of unbranched alkanes of at least 4 members (excludes halogenated alkanes) is 1. The van der Waals surface area contributed by atoms with E-state index in [9.17, 15) is 9.59 Å². The average molecular weight is 400 g/mol. The highest BCUT2D eigenvalue weighted by Gasteiger charge is 2.26. The van der Waals surface area contributed by atoms with Crippen molar-refractivity contribution < 1.29 is 23.8 Å². The van der Waals surface area contributed by atoms with Crippen molar-refractivity contribution in [3.8, 4) is 22.6 Å². The summed E-state index contributed by atoms with van der Waals surface area (Å²) in [6, 6.07) is 5.62. The molecule has 156 valence electrons. The monoisotopic (exact) mass is 400 g/mol. The molecule has 0 unspecified atom stereocenters. The second kappa shape index (κ2) is 9.03. The first-order chi connectivity index (χ1) is 14.0. The Morgan fingerprint density at radius 2 is 1.93 bits per heavy atom. The molecule has 7 nitrogen and oxygen atoms in total. The number of nitrogens with two attached hydrogens (primary N) is 1. The summed E-state index contributed by atoms with van der Waals surface area (Å²) in [6.45, 7) is 5.76. The van der Waals surface area contributed by atoms with Crippen LogP contribution < -0.4 is 15.2 Å². The molecule has 3 rings (SSSR count). The largest absolute Gasteiger partial charge is 0.486 e. The number of ether oxygens (including phenoxy) is 3. The molecule has 2 heterocycles. The number of methoxy groups -OCH3 is 1. The topological polar surface area (TPSA) is 92.8 Å². The van der Waals surface area contributed by atoms with Gasteiger partial charge in [-0.25, -0.2) is 0 Å². The highest BCUT2D eigenvalue weighted by atomic mass is 16.6. The standard InChI is InChI=1S/C22H28N2O5/c1-4-5-10-24-14(2)20(22(23)26)21(16(24)7-9-19(25)27-3)15-6-8-17-18(13-15)29-12-11-28-17/h6,8,13H,4-5,7,9-12H2,1-3H3,(H2,23,26). The van der Waals surface area contributed by atoms with Crippen LogP contribution in [0.25, 0.3) is 11.1 Å². The fourth-order valence-corrected chi connectivity index (χ4v) is 3.81. The Hall–Kier alpha value is -2.96. The normalized spacial score (nSPS) is 12.7. The molecule has 0 aliphatic carbocycles. The number of rotatable bonds is 8. The number of amides is 1. The maximum absolute atomic E-state index is 12.4. The first-order valence-corrected chi connectivity index (χ1v) is 9.96. The third kappa shape index (κ3) is 4.23. The molecular weight excluding hydrogens is 372 g/mol. The van der Waals surface area contributed by atoms with Gasteiger partial charge in [0.05, 0.1) is 19.1 Å². The number of carbonyl (C=O) groups is 2. The van der Waals surface area contributed by atoms with Crippen LogP contribution in [-0.2, 0) is 22.5 Å². The molecule has 0 bridgehead atoms. The number of carbonyl (C=O) groups excluding carboxylic acids is 2. The zero-order valence-electron chi connectivity index (χ0n) is 17.2. The van der Waals surface area contributed by atoms with Crippen molar-refractivity contribution in [2.24, 2.45) is 5.73 Å². The number of primary amides is 1. The van der Waals surface area contributed by atoms with Gasteiger partial charge in [0, 0.05) is 23.5 Å². The van der Waals surface area contributed by atoms with Gasteiger partial charge in [0.2, 0.25) is 0 Å². The SMILES string of the molecule is CCCCn1c(C)c(C(N)=O)c(-c2ccc3c(c2)OCCO3)c1CCC(=O)OC. The lowest BCUT2D eigenvalue weighted by Crippen LogP contribution is -2.15. The number of fused-ring (bicyclic) bond motifs is 1. The van der Waals surface area contributed by atoms with Crippen LogP contribution in [0.1, 0.15) is 47.9 Å². The molecule has 0 atom stereocenters. The van der Waals surface area contributed by atoms with Crippen LogP contribution in [-0.4, -0.2) is 36.8 Å². The van der Waals surface area contributed by atoms with Crippen LogP contribution in [0.2, 0.25) is 0 Å². The number of aromatic nitrogens is 1. The molecule has 0 radical (unpaired) electrons. The van der Waals surface area contributed by atoms with E-state index in [2.05, 4.69) is 11.5 Å². The number of benzene rings is 1. The smallest absolute Gasteiger partial charge is 0.305 e. The van der Waals surface area contributed by atoms with Crippen molar-refractivity contribution in [1.29, 1.82) is 0 Å². The minimum Gasteiger partial charge on any atom is -0.486 e. The van der Waals surface area contributed by atoms with Crippen molar-refractivity contribution in [3.63, 3.8) is 0 Å². The molecule has 2 aromatic rings. The van der Waals surface area contributed by atoms with E-state index in [4.69, 9.17) is 19.9 Å². The summed E-state index contributed by atoms with van der Waals surface area (Å²) in [5.74, 6) is 0.544. The van der Waals surface area contributed by atoms with Crippen molar-refractivity contribution in [1.82, 2.24) is 4.57 Å². The van der Waals surface area contributed by atoms with Crippen LogP contribution >= 0.6 is 0 Å². The molecular formula is C22H28N2O5. The van der Waals surface area contributed by atoms with Crippen LogP contribution in [0.3, 0.4) is 0 Å². The van der Waals surface area contributed by atoms with E-state index in [0.717, 1.165) is 41.9 Å². The molecule has 2 N–H and O–H groups in total. The van der Waals surface area contributed by atoms with Gasteiger partial charge in [-0.05, 0) is 37.5 Å². The quantitative estimate of drug-likeness (QED) is 0.687. The van der Waals surface area contributed by atoms with Crippen molar-refractivity contribution >= 4 is 11.9 Å². The second-order valence-corrected chi connectivity index (χ2v) is 7.09. The second-order valence-electron chi connectivity index (χ2n) is 7.09. The first kappa shape index (κ1) is 20.8. The van der Waals surface area contributed by atoms with E-state index >= 15 is 0 Å². The number of hydrogen-bond donors (Lipinski definition) is 1. The van der Waals surface area contributed by atoms with E-state index in [0.29, 0.717) is 36.7 Å². The summed E-state index contributed by atoms with van der Waals surface area (Å²) in [6.07, 6.45) is 2.65. The first-order valence-electron chi connectivity index (χ1n) is 9.96.